The lowest BCUT2D eigenvalue weighted by Crippen LogP contribution is -2.10. The average molecular weight is 681 g/mol. The number of aromatic nitrogens is 1. The number of oxazole rings is 1. The maximum absolute atomic E-state index is 6.47. The molecule has 0 bridgehead atoms. The first-order valence-corrected chi connectivity index (χ1v) is 17.8. The molecule has 0 amide bonds. The third kappa shape index (κ3) is 5.63. The van der Waals surface area contributed by atoms with Crippen LogP contribution in [-0.4, -0.2) is 4.98 Å². The monoisotopic (exact) mass is 680 g/mol. The number of hydrogen-bond acceptors (Lipinski definition) is 4. The first kappa shape index (κ1) is 30.6. The molecule has 250 valence electrons. The molecule has 0 unspecified atom stereocenters. The van der Waals surface area contributed by atoms with Gasteiger partial charge < -0.3 is 13.7 Å². The molecule has 0 aliphatic rings. The van der Waals surface area contributed by atoms with E-state index in [9.17, 15) is 0 Å². The summed E-state index contributed by atoms with van der Waals surface area (Å²) in [5, 5.41) is 1.89. The second-order valence-corrected chi connectivity index (χ2v) is 13.2. The SMILES string of the molecule is c1ccc(-c2ccc(-c3ccc(N(c4cccc(-c5ccccc5)c4)c4ccc5oc6ccc7nc(-c8ccccc8)oc7c6c5c4)cc3)cc2)cc1. The minimum Gasteiger partial charge on any atom is -0.456 e. The van der Waals surface area contributed by atoms with Crippen molar-refractivity contribution in [2.75, 3.05) is 4.90 Å². The first-order chi connectivity index (χ1) is 26.2. The smallest absolute Gasteiger partial charge is 0.227 e. The van der Waals surface area contributed by atoms with Crippen LogP contribution in [0.1, 0.15) is 0 Å². The minimum atomic E-state index is 0.591. The van der Waals surface area contributed by atoms with Gasteiger partial charge in [0.2, 0.25) is 5.89 Å². The van der Waals surface area contributed by atoms with E-state index in [0.29, 0.717) is 5.89 Å². The Morgan fingerprint density at radius 3 is 1.53 bits per heavy atom. The molecule has 10 aromatic rings. The van der Waals surface area contributed by atoms with E-state index in [2.05, 4.69) is 150 Å². The van der Waals surface area contributed by atoms with E-state index in [1.54, 1.807) is 0 Å². The molecular weight excluding hydrogens is 649 g/mol. The van der Waals surface area contributed by atoms with E-state index in [0.717, 1.165) is 66.8 Å². The minimum absolute atomic E-state index is 0.591. The zero-order chi connectivity index (χ0) is 35.1. The molecule has 4 heteroatoms. The summed E-state index contributed by atoms with van der Waals surface area (Å²) in [7, 11) is 0. The van der Waals surface area contributed by atoms with Gasteiger partial charge in [0.1, 0.15) is 16.7 Å². The van der Waals surface area contributed by atoms with Crippen LogP contribution in [-0.2, 0) is 0 Å². The molecule has 0 aliphatic carbocycles. The maximum Gasteiger partial charge on any atom is 0.227 e. The van der Waals surface area contributed by atoms with Crippen LogP contribution in [0.25, 0.3) is 77.9 Å². The van der Waals surface area contributed by atoms with Crippen LogP contribution in [0.15, 0.2) is 203 Å². The summed E-state index contributed by atoms with van der Waals surface area (Å²) in [6.45, 7) is 0. The topological polar surface area (TPSA) is 42.4 Å². The molecule has 0 spiro atoms. The predicted octanol–water partition coefficient (Wildman–Crippen LogP) is 13.9. The Morgan fingerprint density at radius 2 is 0.868 bits per heavy atom. The first-order valence-electron chi connectivity index (χ1n) is 17.8. The summed E-state index contributed by atoms with van der Waals surface area (Å²) in [6, 6.07) is 67.7. The number of nitrogens with zero attached hydrogens (tertiary/aromatic N) is 2. The van der Waals surface area contributed by atoms with Crippen molar-refractivity contribution in [3.05, 3.63) is 194 Å². The number of furan rings is 1. The van der Waals surface area contributed by atoms with Gasteiger partial charge in [0.25, 0.3) is 0 Å². The summed E-state index contributed by atoms with van der Waals surface area (Å²) in [6.07, 6.45) is 0. The Hall–Kier alpha value is -7.17. The van der Waals surface area contributed by atoms with Crippen molar-refractivity contribution < 1.29 is 8.83 Å². The van der Waals surface area contributed by atoms with Crippen molar-refractivity contribution in [1.82, 2.24) is 4.98 Å². The van der Waals surface area contributed by atoms with Crippen LogP contribution in [0.5, 0.6) is 0 Å². The van der Waals surface area contributed by atoms with E-state index in [1.807, 2.05) is 48.5 Å². The van der Waals surface area contributed by atoms with Crippen LogP contribution in [0.3, 0.4) is 0 Å². The predicted molar refractivity (Wildman–Crippen MR) is 218 cm³/mol. The molecule has 0 fully saturated rings. The highest BCUT2D eigenvalue weighted by Crippen LogP contribution is 2.42. The number of anilines is 3. The Kier molecular flexibility index (Phi) is 7.43. The summed E-state index contributed by atoms with van der Waals surface area (Å²) < 4.78 is 12.9. The lowest BCUT2D eigenvalue weighted by atomic mass is 10.00. The molecule has 0 aliphatic heterocycles. The lowest BCUT2D eigenvalue weighted by molar-refractivity contribution is 0.622. The third-order valence-corrected chi connectivity index (χ3v) is 9.91. The highest BCUT2D eigenvalue weighted by atomic mass is 16.4. The number of fused-ring (bicyclic) bond motifs is 5. The fourth-order valence-electron chi connectivity index (χ4n) is 7.27. The molecule has 0 saturated carbocycles. The second kappa shape index (κ2) is 12.9. The molecule has 10 rings (SSSR count). The molecule has 4 nitrogen and oxygen atoms in total. The van der Waals surface area contributed by atoms with E-state index in [4.69, 9.17) is 13.8 Å². The van der Waals surface area contributed by atoms with Crippen LogP contribution >= 0.6 is 0 Å². The van der Waals surface area contributed by atoms with Gasteiger partial charge in [-0.1, -0.05) is 127 Å². The van der Waals surface area contributed by atoms with E-state index in [1.165, 1.54) is 22.3 Å². The van der Waals surface area contributed by atoms with Gasteiger partial charge in [-0.05, 0) is 100 Å². The lowest BCUT2D eigenvalue weighted by Gasteiger charge is -2.26. The maximum atomic E-state index is 6.47. The van der Waals surface area contributed by atoms with E-state index < -0.39 is 0 Å². The van der Waals surface area contributed by atoms with Crippen molar-refractivity contribution in [3.63, 3.8) is 0 Å². The Morgan fingerprint density at radius 1 is 0.358 bits per heavy atom. The van der Waals surface area contributed by atoms with Crippen molar-refractivity contribution >= 4 is 50.1 Å². The van der Waals surface area contributed by atoms with Crippen molar-refractivity contribution in [3.8, 4) is 44.8 Å². The summed E-state index contributed by atoms with van der Waals surface area (Å²) in [5.41, 5.74) is 14.2. The van der Waals surface area contributed by atoms with E-state index in [-0.39, 0.29) is 0 Å². The Balaban J connectivity index is 1.09. The van der Waals surface area contributed by atoms with Gasteiger partial charge in [0, 0.05) is 28.0 Å². The molecule has 2 heterocycles. The number of benzene rings is 8. The zero-order valence-electron chi connectivity index (χ0n) is 28.7. The molecule has 0 atom stereocenters. The summed E-state index contributed by atoms with van der Waals surface area (Å²) in [5.74, 6) is 0.591. The Labute approximate surface area is 306 Å². The number of hydrogen-bond donors (Lipinski definition) is 0. The molecule has 8 aromatic carbocycles. The average Bonchev–Trinajstić information content (AvgIpc) is 3.84. The zero-order valence-corrected chi connectivity index (χ0v) is 28.7. The molecule has 2 aromatic heterocycles. The molecule has 0 radical (unpaired) electrons. The van der Waals surface area contributed by atoms with E-state index >= 15 is 0 Å². The van der Waals surface area contributed by atoms with Crippen molar-refractivity contribution in [1.29, 1.82) is 0 Å². The highest BCUT2D eigenvalue weighted by Gasteiger charge is 2.20. The van der Waals surface area contributed by atoms with Gasteiger partial charge >= 0.3 is 0 Å². The molecule has 0 N–H and O–H groups in total. The van der Waals surface area contributed by atoms with Gasteiger partial charge in [-0.15, -0.1) is 0 Å². The quantitative estimate of drug-likeness (QED) is 0.168. The Bertz CT molecular complexity index is 2860. The number of rotatable bonds is 7. The van der Waals surface area contributed by atoms with Gasteiger partial charge in [-0.25, -0.2) is 4.98 Å². The summed E-state index contributed by atoms with van der Waals surface area (Å²) >= 11 is 0. The van der Waals surface area contributed by atoms with Gasteiger partial charge in [0.05, 0.1) is 5.39 Å². The van der Waals surface area contributed by atoms with Crippen LogP contribution in [0, 0.1) is 0 Å². The normalized spacial score (nSPS) is 11.4. The van der Waals surface area contributed by atoms with Gasteiger partial charge in [0.15, 0.2) is 5.58 Å². The van der Waals surface area contributed by atoms with Crippen LogP contribution in [0.2, 0.25) is 0 Å². The second-order valence-electron chi connectivity index (χ2n) is 13.2. The molecular formula is C49H32N2O2. The van der Waals surface area contributed by atoms with Crippen LogP contribution in [0.4, 0.5) is 17.1 Å². The van der Waals surface area contributed by atoms with Crippen LogP contribution < -0.4 is 4.90 Å². The fraction of sp³-hybridized carbons (Fsp3) is 0. The van der Waals surface area contributed by atoms with Crippen molar-refractivity contribution in [2.45, 2.75) is 0 Å². The fourth-order valence-corrected chi connectivity index (χ4v) is 7.27. The van der Waals surface area contributed by atoms with Gasteiger partial charge in [-0.2, -0.15) is 0 Å². The summed E-state index contributed by atoms with van der Waals surface area (Å²) in [4.78, 5) is 7.15. The highest BCUT2D eigenvalue weighted by molar-refractivity contribution is 6.17. The van der Waals surface area contributed by atoms with Gasteiger partial charge in [-0.3, -0.25) is 0 Å². The molecule has 53 heavy (non-hydrogen) atoms. The standard InChI is InChI=1S/C49H32N2O2/c1-4-11-33(12-5-1)35-19-21-36(22-20-35)37-23-25-40(26-24-37)51(41-18-10-17-39(31-41)34-13-6-2-7-14-34)42-27-29-45-43(32-42)47-46(52-45)30-28-44-48(47)53-49(50-44)38-15-8-3-9-16-38/h1-32H. The third-order valence-electron chi connectivity index (χ3n) is 9.91. The largest absolute Gasteiger partial charge is 0.456 e. The van der Waals surface area contributed by atoms with Crippen molar-refractivity contribution in [2.24, 2.45) is 0 Å². The molecule has 0 saturated heterocycles.